The van der Waals surface area contributed by atoms with Crippen LogP contribution in [0.3, 0.4) is 0 Å². The second kappa shape index (κ2) is 6.00. The van der Waals surface area contributed by atoms with Crippen LogP contribution in [0.25, 0.3) is 0 Å². The Hall–Kier alpha value is -1.02. The van der Waals surface area contributed by atoms with E-state index in [1.54, 1.807) is 7.11 Å². The molecule has 0 heterocycles. The normalized spacial score (nSPS) is 18.4. The summed E-state index contributed by atoms with van der Waals surface area (Å²) in [7, 11) is 1.77. The van der Waals surface area contributed by atoms with Crippen molar-refractivity contribution in [1.82, 2.24) is 5.32 Å². The van der Waals surface area contributed by atoms with Crippen LogP contribution in [-0.4, -0.2) is 19.2 Å². The van der Waals surface area contributed by atoms with E-state index in [0.29, 0.717) is 5.41 Å². The molecule has 1 aliphatic rings. The molecule has 1 aromatic rings. The van der Waals surface area contributed by atoms with Crippen molar-refractivity contribution in [1.29, 1.82) is 0 Å². The van der Waals surface area contributed by atoms with Crippen LogP contribution in [0.5, 0.6) is 5.75 Å². The van der Waals surface area contributed by atoms with Crippen molar-refractivity contribution < 1.29 is 4.74 Å². The maximum atomic E-state index is 5.57. The Morgan fingerprint density at radius 2 is 1.86 bits per heavy atom. The van der Waals surface area contributed by atoms with Crippen molar-refractivity contribution >= 4 is 0 Å². The van der Waals surface area contributed by atoms with Gasteiger partial charge in [-0.2, -0.15) is 0 Å². The minimum atomic E-state index is 0.173. The Bertz CT molecular complexity index is 485. The van der Waals surface area contributed by atoms with Crippen LogP contribution in [0.4, 0.5) is 0 Å². The molecule has 1 aromatic carbocycles. The number of nitrogens with one attached hydrogen (secondary N) is 1. The highest BCUT2D eigenvalue weighted by molar-refractivity contribution is 5.37. The van der Waals surface area contributed by atoms with Gasteiger partial charge in [0.15, 0.2) is 0 Å². The summed E-state index contributed by atoms with van der Waals surface area (Å²) in [6.07, 6.45) is 3.83. The third kappa shape index (κ3) is 4.47. The van der Waals surface area contributed by atoms with Crippen LogP contribution >= 0.6 is 0 Å². The van der Waals surface area contributed by atoms with Gasteiger partial charge in [0.1, 0.15) is 5.75 Å². The molecule has 0 bridgehead atoms. The van der Waals surface area contributed by atoms with Gasteiger partial charge in [0.25, 0.3) is 0 Å². The lowest BCUT2D eigenvalue weighted by Crippen LogP contribution is -2.44. The molecule has 1 saturated carbocycles. The van der Waals surface area contributed by atoms with E-state index in [2.05, 4.69) is 58.1 Å². The monoisotopic (exact) mass is 289 g/mol. The van der Waals surface area contributed by atoms with Crippen LogP contribution in [0.2, 0.25) is 0 Å². The van der Waals surface area contributed by atoms with Crippen molar-refractivity contribution in [3.05, 3.63) is 29.3 Å². The largest absolute Gasteiger partial charge is 0.496 e. The van der Waals surface area contributed by atoms with Crippen LogP contribution in [0.15, 0.2) is 18.2 Å². The molecule has 1 atom stereocenters. The third-order valence-corrected chi connectivity index (χ3v) is 4.62. The molecule has 0 saturated heterocycles. The first-order valence-electron chi connectivity index (χ1n) is 8.12. The first kappa shape index (κ1) is 16.4. The number of rotatable bonds is 6. The zero-order valence-electron chi connectivity index (χ0n) is 14.5. The highest BCUT2D eigenvalue weighted by Gasteiger charge is 2.42. The van der Waals surface area contributed by atoms with E-state index in [4.69, 9.17) is 4.74 Å². The molecule has 0 amide bonds. The Labute approximate surface area is 130 Å². The summed E-state index contributed by atoms with van der Waals surface area (Å²) in [6.45, 7) is 12.4. The zero-order valence-corrected chi connectivity index (χ0v) is 14.5. The standard InChI is InChI=1S/C19H31NO/c1-14-7-10-17(21-6)15(11-14)12-19(5,16-8-9-16)13-20-18(2,3)4/h7,10-11,16,20H,8-9,12-13H2,1-6H3. The fourth-order valence-electron chi connectivity index (χ4n) is 3.08. The Morgan fingerprint density at radius 1 is 1.19 bits per heavy atom. The molecule has 0 aromatic heterocycles. The lowest BCUT2D eigenvalue weighted by atomic mass is 9.78. The number of hydrogen-bond acceptors (Lipinski definition) is 2. The molecule has 1 N–H and O–H groups in total. The predicted molar refractivity (Wildman–Crippen MR) is 90.0 cm³/mol. The smallest absolute Gasteiger partial charge is 0.122 e. The number of hydrogen-bond donors (Lipinski definition) is 1. The second-order valence-corrected chi connectivity index (χ2v) is 8.02. The van der Waals surface area contributed by atoms with E-state index in [9.17, 15) is 0 Å². The van der Waals surface area contributed by atoms with Gasteiger partial charge in [-0.25, -0.2) is 0 Å². The summed E-state index contributed by atoms with van der Waals surface area (Å²) in [5.74, 6) is 1.88. The molecule has 2 nitrogen and oxygen atoms in total. The summed E-state index contributed by atoms with van der Waals surface area (Å²) in [6, 6.07) is 6.52. The van der Waals surface area contributed by atoms with Gasteiger partial charge < -0.3 is 10.1 Å². The Kier molecular flexibility index (Phi) is 4.67. The van der Waals surface area contributed by atoms with E-state index in [0.717, 1.165) is 24.6 Å². The fourth-order valence-corrected chi connectivity index (χ4v) is 3.08. The molecule has 0 aliphatic heterocycles. The minimum Gasteiger partial charge on any atom is -0.496 e. The molecule has 1 aliphatic carbocycles. The highest BCUT2D eigenvalue weighted by atomic mass is 16.5. The average Bonchev–Trinajstić information content (AvgIpc) is 3.20. The van der Waals surface area contributed by atoms with Gasteiger partial charge in [-0.3, -0.25) is 0 Å². The van der Waals surface area contributed by atoms with Gasteiger partial charge in [-0.15, -0.1) is 0 Å². The maximum absolute atomic E-state index is 5.57. The lowest BCUT2D eigenvalue weighted by molar-refractivity contribution is 0.225. The van der Waals surface area contributed by atoms with Crippen LogP contribution < -0.4 is 10.1 Å². The lowest BCUT2D eigenvalue weighted by Gasteiger charge is -2.34. The van der Waals surface area contributed by atoms with Gasteiger partial charge in [-0.05, 0) is 69.9 Å². The van der Waals surface area contributed by atoms with E-state index in [1.165, 1.54) is 24.0 Å². The number of ether oxygens (including phenoxy) is 1. The average molecular weight is 289 g/mol. The molecule has 21 heavy (non-hydrogen) atoms. The summed E-state index contributed by atoms with van der Waals surface area (Å²) in [5.41, 5.74) is 3.15. The summed E-state index contributed by atoms with van der Waals surface area (Å²) >= 11 is 0. The number of benzene rings is 1. The summed E-state index contributed by atoms with van der Waals surface area (Å²) in [5, 5.41) is 3.72. The molecule has 2 heteroatoms. The fraction of sp³-hybridized carbons (Fsp3) is 0.684. The third-order valence-electron chi connectivity index (χ3n) is 4.62. The molecule has 0 radical (unpaired) electrons. The maximum Gasteiger partial charge on any atom is 0.122 e. The van der Waals surface area contributed by atoms with Gasteiger partial charge in [0.2, 0.25) is 0 Å². The minimum absolute atomic E-state index is 0.173. The van der Waals surface area contributed by atoms with E-state index in [-0.39, 0.29) is 5.54 Å². The van der Waals surface area contributed by atoms with E-state index < -0.39 is 0 Å². The first-order valence-corrected chi connectivity index (χ1v) is 8.12. The van der Waals surface area contributed by atoms with E-state index in [1.807, 2.05) is 0 Å². The van der Waals surface area contributed by atoms with Crippen LogP contribution in [0.1, 0.15) is 51.7 Å². The van der Waals surface area contributed by atoms with Crippen molar-refractivity contribution in [3.8, 4) is 5.75 Å². The molecule has 2 rings (SSSR count). The Balaban J connectivity index is 2.18. The van der Waals surface area contributed by atoms with Crippen molar-refractivity contribution in [2.45, 2.75) is 59.4 Å². The molecule has 1 unspecified atom stereocenters. The first-order chi connectivity index (χ1) is 9.73. The second-order valence-electron chi connectivity index (χ2n) is 8.02. The van der Waals surface area contributed by atoms with Gasteiger partial charge in [0.05, 0.1) is 7.11 Å². The number of aryl methyl sites for hydroxylation is 1. The molecule has 0 spiro atoms. The molecule has 118 valence electrons. The van der Waals surface area contributed by atoms with Gasteiger partial charge in [0, 0.05) is 12.1 Å². The zero-order chi connectivity index (χ0) is 15.7. The van der Waals surface area contributed by atoms with E-state index >= 15 is 0 Å². The van der Waals surface area contributed by atoms with Crippen LogP contribution in [-0.2, 0) is 6.42 Å². The summed E-state index contributed by atoms with van der Waals surface area (Å²) < 4.78 is 5.57. The SMILES string of the molecule is COc1ccc(C)cc1CC(C)(CNC(C)(C)C)C1CC1. The molecular weight excluding hydrogens is 258 g/mol. The summed E-state index contributed by atoms with van der Waals surface area (Å²) in [4.78, 5) is 0. The van der Waals surface area contributed by atoms with Crippen molar-refractivity contribution in [3.63, 3.8) is 0 Å². The number of methoxy groups -OCH3 is 1. The topological polar surface area (TPSA) is 21.3 Å². The van der Waals surface area contributed by atoms with Gasteiger partial charge in [-0.1, -0.05) is 24.6 Å². The van der Waals surface area contributed by atoms with Gasteiger partial charge >= 0.3 is 0 Å². The predicted octanol–water partition coefficient (Wildman–Crippen LogP) is 4.35. The van der Waals surface area contributed by atoms with Crippen LogP contribution in [0, 0.1) is 18.3 Å². The van der Waals surface area contributed by atoms with Crippen molar-refractivity contribution in [2.24, 2.45) is 11.3 Å². The molecule has 1 fully saturated rings. The molecular formula is C19H31NO. The Morgan fingerprint density at radius 3 is 2.38 bits per heavy atom. The quantitative estimate of drug-likeness (QED) is 0.840. The van der Waals surface area contributed by atoms with Crippen molar-refractivity contribution in [2.75, 3.05) is 13.7 Å². The highest BCUT2D eigenvalue weighted by Crippen LogP contribution is 2.48.